The summed E-state index contributed by atoms with van der Waals surface area (Å²) < 4.78 is 11.2. The first-order valence-corrected chi connectivity index (χ1v) is 12.9. The summed E-state index contributed by atoms with van der Waals surface area (Å²) in [6, 6.07) is 14.2. The number of carbonyl (C=O) groups is 2. The molecule has 2 aliphatic heterocycles. The summed E-state index contributed by atoms with van der Waals surface area (Å²) in [5.74, 6) is -0.612. The molecule has 7 nitrogen and oxygen atoms in total. The van der Waals surface area contributed by atoms with Crippen molar-refractivity contribution in [3.05, 3.63) is 70.8 Å². The molecule has 1 atom stereocenters. The third kappa shape index (κ3) is 5.97. The van der Waals surface area contributed by atoms with Crippen molar-refractivity contribution in [1.29, 1.82) is 0 Å². The maximum absolute atomic E-state index is 13.2. The van der Waals surface area contributed by atoms with Gasteiger partial charge in [0.1, 0.15) is 11.5 Å². The Balaban J connectivity index is 1.62. The Bertz CT molecular complexity index is 1070. The van der Waals surface area contributed by atoms with Crippen molar-refractivity contribution in [1.82, 2.24) is 9.80 Å². The molecule has 2 heterocycles. The first kappa shape index (κ1) is 25.9. The van der Waals surface area contributed by atoms with E-state index in [0.29, 0.717) is 31.9 Å². The number of ether oxygens (including phenoxy) is 2. The van der Waals surface area contributed by atoms with E-state index in [1.54, 1.807) is 17.0 Å². The van der Waals surface area contributed by atoms with Gasteiger partial charge in [0.15, 0.2) is 0 Å². The molecule has 2 aromatic carbocycles. The zero-order valence-electron chi connectivity index (χ0n) is 21.2. The number of Topliss-reactive ketones (excluding diaryl/α,β-unsaturated/α-hetero) is 1. The summed E-state index contributed by atoms with van der Waals surface area (Å²) in [6.07, 6.45) is 2.75. The summed E-state index contributed by atoms with van der Waals surface area (Å²) in [5, 5.41) is 11.2. The number of amides is 1. The monoisotopic (exact) mass is 492 g/mol. The van der Waals surface area contributed by atoms with E-state index in [1.165, 1.54) is 0 Å². The highest BCUT2D eigenvalue weighted by Crippen LogP contribution is 2.40. The Morgan fingerprint density at radius 2 is 1.69 bits per heavy atom. The quantitative estimate of drug-likeness (QED) is 0.230. The van der Waals surface area contributed by atoms with Gasteiger partial charge in [-0.25, -0.2) is 0 Å². The predicted molar refractivity (Wildman–Crippen MR) is 139 cm³/mol. The zero-order valence-corrected chi connectivity index (χ0v) is 21.2. The van der Waals surface area contributed by atoms with Crippen molar-refractivity contribution >= 4 is 17.4 Å². The van der Waals surface area contributed by atoms with Crippen molar-refractivity contribution in [3.8, 4) is 5.75 Å². The lowest BCUT2D eigenvalue weighted by Gasteiger charge is -2.29. The van der Waals surface area contributed by atoms with Gasteiger partial charge in [-0.2, -0.15) is 0 Å². The molecule has 192 valence electrons. The van der Waals surface area contributed by atoms with Gasteiger partial charge in [0, 0.05) is 31.7 Å². The van der Waals surface area contributed by atoms with Crippen LogP contribution >= 0.6 is 0 Å². The fourth-order valence-electron chi connectivity index (χ4n) is 4.69. The summed E-state index contributed by atoms with van der Waals surface area (Å²) in [6.45, 7) is 9.13. The van der Waals surface area contributed by atoms with Crippen LogP contribution in [0, 0.1) is 6.92 Å². The Morgan fingerprint density at radius 1 is 1.00 bits per heavy atom. The van der Waals surface area contributed by atoms with Crippen molar-refractivity contribution in [3.63, 3.8) is 0 Å². The molecule has 0 aliphatic carbocycles. The van der Waals surface area contributed by atoms with E-state index in [1.807, 2.05) is 43.3 Å². The van der Waals surface area contributed by atoms with E-state index >= 15 is 0 Å². The first-order chi connectivity index (χ1) is 17.5. The number of hydrogen-bond acceptors (Lipinski definition) is 6. The fourth-order valence-corrected chi connectivity index (χ4v) is 4.69. The third-order valence-corrected chi connectivity index (χ3v) is 6.80. The number of morpholine rings is 1. The average molecular weight is 493 g/mol. The number of nitrogens with zero attached hydrogens (tertiary/aromatic N) is 2. The minimum absolute atomic E-state index is 0.134. The summed E-state index contributed by atoms with van der Waals surface area (Å²) in [7, 11) is 0. The van der Waals surface area contributed by atoms with E-state index in [0.717, 1.165) is 55.8 Å². The molecule has 0 radical (unpaired) electrons. The van der Waals surface area contributed by atoms with E-state index < -0.39 is 17.7 Å². The van der Waals surface area contributed by atoms with Gasteiger partial charge in [0.2, 0.25) is 0 Å². The molecule has 1 N–H and O–H groups in total. The molecule has 2 fully saturated rings. The minimum atomic E-state index is -0.652. The largest absolute Gasteiger partial charge is 0.507 e. The van der Waals surface area contributed by atoms with E-state index in [9.17, 15) is 14.7 Å². The minimum Gasteiger partial charge on any atom is -0.507 e. The average Bonchev–Trinajstić information content (AvgIpc) is 3.15. The van der Waals surface area contributed by atoms with Crippen molar-refractivity contribution in [2.24, 2.45) is 0 Å². The van der Waals surface area contributed by atoms with Crippen LogP contribution in [0.4, 0.5) is 0 Å². The molecule has 0 spiro atoms. The smallest absolute Gasteiger partial charge is 0.295 e. The second-order valence-corrected chi connectivity index (χ2v) is 9.44. The molecule has 2 saturated heterocycles. The Kier molecular flexibility index (Phi) is 8.78. The number of carbonyl (C=O) groups excluding carboxylic acids is 2. The molecular weight excluding hydrogens is 456 g/mol. The second-order valence-electron chi connectivity index (χ2n) is 9.44. The number of hydrogen-bond donors (Lipinski definition) is 1. The van der Waals surface area contributed by atoms with Gasteiger partial charge in [-0.05, 0) is 37.5 Å². The number of rotatable bonds is 10. The summed E-state index contributed by atoms with van der Waals surface area (Å²) in [4.78, 5) is 30.3. The predicted octanol–water partition coefficient (Wildman–Crippen LogP) is 4.32. The molecule has 1 unspecified atom stereocenters. The van der Waals surface area contributed by atoms with Gasteiger partial charge in [0.25, 0.3) is 11.7 Å². The van der Waals surface area contributed by atoms with Gasteiger partial charge >= 0.3 is 0 Å². The maximum Gasteiger partial charge on any atom is 0.295 e. The second kappa shape index (κ2) is 12.2. The molecule has 4 rings (SSSR count). The Hall–Kier alpha value is -3.16. The van der Waals surface area contributed by atoms with Crippen LogP contribution < -0.4 is 4.74 Å². The van der Waals surface area contributed by atoms with E-state index in [2.05, 4.69) is 11.8 Å². The molecule has 2 aromatic rings. The molecule has 0 bridgehead atoms. The highest BCUT2D eigenvalue weighted by molar-refractivity contribution is 6.46. The Labute approximate surface area is 213 Å². The molecule has 0 saturated carbocycles. The van der Waals surface area contributed by atoms with Gasteiger partial charge in [-0.3, -0.25) is 14.5 Å². The van der Waals surface area contributed by atoms with Crippen LogP contribution in [0.3, 0.4) is 0 Å². The van der Waals surface area contributed by atoms with Crippen LogP contribution in [0.25, 0.3) is 5.76 Å². The maximum atomic E-state index is 13.2. The number of likely N-dealkylation sites (tertiary alicyclic amines) is 1. The molecule has 7 heteroatoms. The van der Waals surface area contributed by atoms with Crippen molar-refractivity contribution < 1.29 is 24.2 Å². The van der Waals surface area contributed by atoms with Crippen LogP contribution in [0.5, 0.6) is 5.75 Å². The van der Waals surface area contributed by atoms with E-state index in [-0.39, 0.29) is 11.3 Å². The number of benzene rings is 2. The van der Waals surface area contributed by atoms with Crippen LogP contribution in [-0.4, -0.2) is 72.6 Å². The van der Waals surface area contributed by atoms with Gasteiger partial charge in [0.05, 0.1) is 31.4 Å². The summed E-state index contributed by atoms with van der Waals surface area (Å²) >= 11 is 0. The highest BCUT2D eigenvalue weighted by Gasteiger charge is 2.45. The highest BCUT2D eigenvalue weighted by atomic mass is 16.5. The number of aliphatic hydroxyl groups is 1. The normalized spacial score (nSPS) is 20.2. The lowest BCUT2D eigenvalue weighted by atomic mass is 9.95. The topological polar surface area (TPSA) is 79.3 Å². The van der Waals surface area contributed by atoms with Gasteiger partial charge < -0.3 is 19.5 Å². The molecule has 1 amide bonds. The number of ketones is 1. The lowest BCUT2D eigenvalue weighted by Crippen LogP contribution is -2.38. The lowest BCUT2D eigenvalue weighted by molar-refractivity contribution is -0.140. The van der Waals surface area contributed by atoms with Crippen LogP contribution in [0.1, 0.15) is 48.9 Å². The zero-order chi connectivity index (χ0) is 25.5. The molecule has 0 aromatic heterocycles. The fraction of sp³-hybridized carbons (Fsp3) is 0.448. The van der Waals surface area contributed by atoms with Crippen molar-refractivity contribution in [2.75, 3.05) is 46.0 Å². The molecule has 36 heavy (non-hydrogen) atoms. The van der Waals surface area contributed by atoms with Crippen LogP contribution in [-0.2, 0) is 14.3 Å². The molecule has 2 aliphatic rings. The number of unbranched alkanes of at least 4 members (excludes halogenated alkanes) is 1. The van der Waals surface area contributed by atoms with Gasteiger partial charge in [-0.15, -0.1) is 0 Å². The van der Waals surface area contributed by atoms with E-state index in [4.69, 9.17) is 9.47 Å². The standard InChI is InChI=1S/C29H36N2O5/c1-3-4-18-36-24-12-10-22(11-13-24)26-25(27(32)23-8-6-21(2)7-9-23)28(33)29(34)31(26)15-5-14-30-16-19-35-20-17-30/h6-13,26,32H,3-5,14-20H2,1-2H3. The Morgan fingerprint density at radius 3 is 2.36 bits per heavy atom. The first-order valence-electron chi connectivity index (χ1n) is 12.9. The van der Waals surface area contributed by atoms with Crippen LogP contribution in [0.15, 0.2) is 54.1 Å². The summed E-state index contributed by atoms with van der Waals surface area (Å²) in [5.41, 5.74) is 2.48. The van der Waals surface area contributed by atoms with Crippen molar-refractivity contribution in [2.45, 2.75) is 39.2 Å². The number of aliphatic hydroxyl groups excluding tert-OH is 1. The molecular formula is C29H36N2O5. The van der Waals surface area contributed by atoms with Crippen LogP contribution in [0.2, 0.25) is 0 Å². The number of aryl methyl sites for hydroxylation is 1. The SMILES string of the molecule is CCCCOc1ccc(C2C(=C(O)c3ccc(C)cc3)C(=O)C(=O)N2CCCN2CCOCC2)cc1. The van der Waals surface area contributed by atoms with Gasteiger partial charge in [-0.1, -0.05) is 55.3 Å². The third-order valence-electron chi connectivity index (χ3n) is 6.80.